The van der Waals surface area contributed by atoms with Gasteiger partial charge >= 0.3 is 0 Å². The summed E-state index contributed by atoms with van der Waals surface area (Å²) in [6.45, 7) is 0. The predicted molar refractivity (Wildman–Crippen MR) is 110 cm³/mol. The van der Waals surface area contributed by atoms with Crippen molar-refractivity contribution >= 4 is 46.1 Å². The summed E-state index contributed by atoms with van der Waals surface area (Å²) in [7, 11) is 0. The van der Waals surface area contributed by atoms with Gasteiger partial charge in [-0.15, -0.1) is 0 Å². The van der Waals surface area contributed by atoms with Crippen molar-refractivity contribution in [2.24, 2.45) is 0 Å². The molecule has 0 saturated carbocycles. The average molecular weight is 397 g/mol. The Hall–Kier alpha value is -2.83. The third-order valence-electron chi connectivity index (χ3n) is 4.01. The summed E-state index contributed by atoms with van der Waals surface area (Å²) in [5.74, 6) is -0.117. The quantitative estimate of drug-likeness (QED) is 0.427. The number of anilines is 2. The fourth-order valence-electron chi connectivity index (χ4n) is 2.64. The van der Waals surface area contributed by atoms with Crippen LogP contribution < -0.4 is 10.5 Å². The summed E-state index contributed by atoms with van der Waals surface area (Å²) in [6, 6.07) is 18.1. The van der Waals surface area contributed by atoms with E-state index in [1.165, 1.54) is 18.0 Å². The zero-order valence-corrected chi connectivity index (χ0v) is 15.6. The van der Waals surface area contributed by atoms with E-state index in [4.69, 9.17) is 17.3 Å². The largest absolute Gasteiger partial charge is 0.368 e. The fraction of sp³-hybridized carbons (Fsp3) is 0. The van der Waals surface area contributed by atoms with Gasteiger partial charge in [0.15, 0.2) is 0 Å². The van der Waals surface area contributed by atoms with Gasteiger partial charge in [0.05, 0.1) is 16.2 Å². The summed E-state index contributed by atoms with van der Waals surface area (Å²) in [4.78, 5) is 9.00. The van der Waals surface area contributed by atoms with Gasteiger partial charge in [0.25, 0.3) is 0 Å². The van der Waals surface area contributed by atoms with Gasteiger partial charge < -0.3 is 10.5 Å². The number of halogens is 2. The number of nitrogens with one attached hydrogen (secondary N) is 1. The smallest absolute Gasteiger partial charge is 0.220 e. The van der Waals surface area contributed by atoms with Crippen molar-refractivity contribution in [3.8, 4) is 11.1 Å². The van der Waals surface area contributed by atoms with E-state index in [9.17, 15) is 4.39 Å². The molecular weight excluding hydrogens is 383 g/mol. The number of fused-ring (bicyclic) bond motifs is 1. The van der Waals surface area contributed by atoms with Crippen molar-refractivity contribution in [3.63, 3.8) is 0 Å². The molecule has 0 fully saturated rings. The molecule has 3 N–H and O–H groups in total. The standard InChI is InChI=1S/C20H14ClFN4S/c21-15-3-1-2-4-19(15)27-26-18-8-6-13(10-16(18)22)12-5-7-17-14(9-12)11-24-20(23)25-17/h1-11,26H,(H2,23,24,25). The molecule has 0 unspecified atom stereocenters. The number of nitrogens with two attached hydrogens (primary N) is 1. The molecule has 0 saturated heterocycles. The normalized spacial score (nSPS) is 10.9. The molecule has 0 spiro atoms. The number of rotatable bonds is 4. The Kier molecular flexibility index (Phi) is 4.83. The first kappa shape index (κ1) is 17.6. The van der Waals surface area contributed by atoms with Gasteiger partial charge in [-0.25, -0.2) is 14.4 Å². The molecule has 1 aromatic heterocycles. The Morgan fingerprint density at radius 3 is 2.59 bits per heavy atom. The van der Waals surface area contributed by atoms with Gasteiger partial charge in [0.2, 0.25) is 5.95 Å². The highest BCUT2D eigenvalue weighted by molar-refractivity contribution is 8.00. The second-order valence-electron chi connectivity index (χ2n) is 5.83. The maximum absolute atomic E-state index is 14.6. The lowest BCUT2D eigenvalue weighted by molar-refractivity contribution is 0.633. The summed E-state index contributed by atoms with van der Waals surface area (Å²) in [6.07, 6.45) is 1.66. The van der Waals surface area contributed by atoms with Gasteiger partial charge in [-0.3, -0.25) is 0 Å². The molecule has 0 aliphatic carbocycles. The summed E-state index contributed by atoms with van der Waals surface area (Å²) >= 11 is 7.39. The number of aromatic nitrogens is 2. The van der Waals surface area contributed by atoms with Crippen LogP contribution in [0.15, 0.2) is 71.8 Å². The fourth-order valence-corrected chi connectivity index (χ4v) is 3.59. The molecule has 1 heterocycles. The third kappa shape index (κ3) is 3.82. The Labute approximate surface area is 164 Å². The predicted octanol–water partition coefficient (Wildman–Crippen LogP) is 5.79. The van der Waals surface area contributed by atoms with Crippen LogP contribution in [0.25, 0.3) is 22.0 Å². The van der Waals surface area contributed by atoms with Crippen LogP contribution in [0.5, 0.6) is 0 Å². The van der Waals surface area contributed by atoms with E-state index in [0.717, 1.165) is 26.9 Å². The molecule has 134 valence electrons. The monoisotopic (exact) mass is 396 g/mol. The highest BCUT2D eigenvalue weighted by Crippen LogP contribution is 2.31. The van der Waals surface area contributed by atoms with E-state index in [-0.39, 0.29) is 11.8 Å². The molecular formula is C20H14ClFN4S. The lowest BCUT2D eigenvalue weighted by Crippen LogP contribution is -1.94. The number of hydrogen-bond acceptors (Lipinski definition) is 5. The first-order chi connectivity index (χ1) is 13.1. The molecule has 0 aliphatic rings. The van der Waals surface area contributed by atoms with Crippen LogP contribution in [-0.2, 0) is 0 Å². The second-order valence-corrected chi connectivity index (χ2v) is 7.09. The minimum atomic E-state index is -0.347. The van der Waals surface area contributed by atoms with Gasteiger partial charge in [-0.1, -0.05) is 35.9 Å². The lowest BCUT2D eigenvalue weighted by atomic mass is 10.0. The Morgan fingerprint density at radius 2 is 1.78 bits per heavy atom. The molecule has 0 atom stereocenters. The molecule has 0 aliphatic heterocycles. The molecule has 4 nitrogen and oxygen atoms in total. The molecule has 0 bridgehead atoms. The van der Waals surface area contributed by atoms with E-state index in [2.05, 4.69) is 14.7 Å². The van der Waals surface area contributed by atoms with Crippen LogP contribution in [0.4, 0.5) is 16.0 Å². The van der Waals surface area contributed by atoms with Crippen LogP contribution in [0.3, 0.4) is 0 Å². The van der Waals surface area contributed by atoms with Gasteiger partial charge in [-0.2, -0.15) is 0 Å². The zero-order chi connectivity index (χ0) is 18.8. The van der Waals surface area contributed by atoms with Crippen molar-refractivity contribution in [1.82, 2.24) is 9.97 Å². The van der Waals surface area contributed by atoms with Crippen LogP contribution in [0.2, 0.25) is 5.02 Å². The van der Waals surface area contributed by atoms with E-state index in [1.807, 2.05) is 42.5 Å². The van der Waals surface area contributed by atoms with Crippen LogP contribution >= 0.6 is 23.5 Å². The van der Waals surface area contributed by atoms with Crippen molar-refractivity contribution in [2.75, 3.05) is 10.5 Å². The highest BCUT2D eigenvalue weighted by Gasteiger charge is 2.08. The van der Waals surface area contributed by atoms with Crippen molar-refractivity contribution < 1.29 is 4.39 Å². The Balaban J connectivity index is 1.58. The minimum Gasteiger partial charge on any atom is -0.368 e. The SMILES string of the molecule is Nc1ncc2cc(-c3ccc(NSc4ccccc4Cl)c(F)c3)ccc2n1. The van der Waals surface area contributed by atoms with Crippen molar-refractivity contribution in [2.45, 2.75) is 4.90 Å². The third-order valence-corrected chi connectivity index (χ3v) is 5.35. The Bertz CT molecular complexity index is 1140. The van der Waals surface area contributed by atoms with Gasteiger partial charge in [0.1, 0.15) is 5.82 Å². The van der Waals surface area contributed by atoms with Crippen LogP contribution in [0, 0.1) is 5.82 Å². The minimum absolute atomic E-state index is 0.229. The topological polar surface area (TPSA) is 63.8 Å². The first-order valence-electron chi connectivity index (χ1n) is 8.10. The number of hydrogen-bond donors (Lipinski definition) is 2. The van der Waals surface area contributed by atoms with E-state index in [0.29, 0.717) is 10.7 Å². The second kappa shape index (κ2) is 7.42. The average Bonchev–Trinajstić information content (AvgIpc) is 2.67. The van der Waals surface area contributed by atoms with Crippen LogP contribution in [-0.4, -0.2) is 9.97 Å². The van der Waals surface area contributed by atoms with E-state index in [1.54, 1.807) is 18.3 Å². The van der Waals surface area contributed by atoms with Crippen molar-refractivity contribution in [3.05, 3.63) is 77.7 Å². The zero-order valence-electron chi connectivity index (χ0n) is 14.0. The van der Waals surface area contributed by atoms with E-state index >= 15 is 0 Å². The van der Waals surface area contributed by atoms with Gasteiger partial charge in [-0.05, 0) is 59.5 Å². The summed E-state index contributed by atoms with van der Waals surface area (Å²) in [5.41, 5.74) is 8.38. The van der Waals surface area contributed by atoms with Crippen molar-refractivity contribution in [1.29, 1.82) is 0 Å². The number of nitrogen functional groups attached to an aromatic ring is 1. The first-order valence-corrected chi connectivity index (χ1v) is 9.29. The maximum atomic E-state index is 14.6. The molecule has 4 aromatic rings. The number of benzene rings is 3. The molecule has 27 heavy (non-hydrogen) atoms. The summed E-state index contributed by atoms with van der Waals surface area (Å²) < 4.78 is 17.6. The Morgan fingerprint density at radius 1 is 1.00 bits per heavy atom. The molecule has 0 radical (unpaired) electrons. The van der Waals surface area contributed by atoms with Crippen LogP contribution in [0.1, 0.15) is 0 Å². The molecule has 3 aromatic carbocycles. The molecule has 4 rings (SSSR count). The molecule has 7 heteroatoms. The molecule has 0 amide bonds. The lowest BCUT2D eigenvalue weighted by Gasteiger charge is -2.10. The number of nitrogens with zero attached hydrogens (tertiary/aromatic N) is 2. The highest BCUT2D eigenvalue weighted by atomic mass is 35.5. The van der Waals surface area contributed by atoms with E-state index < -0.39 is 0 Å². The maximum Gasteiger partial charge on any atom is 0.220 e. The summed E-state index contributed by atoms with van der Waals surface area (Å²) in [5, 5.41) is 1.46. The van der Waals surface area contributed by atoms with Gasteiger partial charge in [0, 0.05) is 16.5 Å².